The van der Waals surface area contributed by atoms with Crippen molar-refractivity contribution in [3.63, 3.8) is 0 Å². The van der Waals surface area contributed by atoms with Gasteiger partial charge in [-0.2, -0.15) is 0 Å². The number of nitrogens with zero attached hydrogens (tertiary/aromatic N) is 5. The second-order valence-electron chi connectivity index (χ2n) is 8.12. The molecule has 1 unspecified atom stereocenters. The Kier molecular flexibility index (Phi) is 7.22. The lowest BCUT2D eigenvalue weighted by atomic mass is 9.96. The molecule has 34 heavy (non-hydrogen) atoms. The van der Waals surface area contributed by atoms with Crippen LogP contribution >= 0.6 is 11.6 Å². The van der Waals surface area contributed by atoms with E-state index in [4.69, 9.17) is 11.6 Å². The van der Waals surface area contributed by atoms with Crippen molar-refractivity contribution >= 4 is 29.1 Å². The monoisotopic (exact) mass is 479 g/mol. The van der Waals surface area contributed by atoms with Gasteiger partial charge in [0, 0.05) is 17.4 Å². The van der Waals surface area contributed by atoms with Crippen molar-refractivity contribution in [1.29, 1.82) is 0 Å². The lowest BCUT2D eigenvalue weighted by Gasteiger charge is -2.15. The highest BCUT2D eigenvalue weighted by Gasteiger charge is 2.19. The number of aryl methyl sites for hydroxylation is 1. The van der Waals surface area contributed by atoms with E-state index in [0.717, 1.165) is 22.5 Å². The number of imidazole rings is 1. The Morgan fingerprint density at radius 1 is 1.03 bits per heavy atom. The Labute approximate surface area is 202 Å². The van der Waals surface area contributed by atoms with Crippen molar-refractivity contribution < 1.29 is 9.59 Å². The van der Waals surface area contributed by atoms with E-state index < -0.39 is 0 Å². The SMILES string of the molecule is CCC(C(=O)NCC(=O)NCc1cn(Cc2cn3cc(C)ccc3n2)nn1)c1ccc(Cl)cc1. The minimum absolute atomic E-state index is 0.113. The summed E-state index contributed by atoms with van der Waals surface area (Å²) in [7, 11) is 0. The van der Waals surface area contributed by atoms with Gasteiger partial charge in [-0.25, -0.2) is 9.67 Å². The minimum Gasteiger partial charge on any atom is -0.349 e. The normalized spacial score (nSPS) is 12.0. The molecule has 0 radical (unpaired) electrons. The Bertz CT molecular complexity index is 1300. The van der Waals surface area contributed by atoms with Gasteiger partial charge in [0.25, 0.3) is 0 Å². The summed E-state index contributed by atoms with van der Waals surface area (Å²) in [6, 6.07) is 11.1. The summed E-state index contributed by atoms with van der Waals surface area (Å²) in [5.41, 5.74) is 4.37. The van der Waals surface area contributed by atoms with Gasteiger partial charge in [-0.05, 0) is 42.7 Å². The molecule has 9 nitrogen and oxygen atoms in total. The third kappa shape index (κ3) is 5.79. The molecule has 4 rings (SSSR count). The maximum atomic E-state index is 12.5. The third-order valence-electron chi connectivity index (χ3n) is 5.45. The Balaban J connectivity index is 1.25. The molecular weight excluding hydrogens is 454 g/mol. The van der Waals surface area contributed by atoms with E-state index in [1.54, 1.807) is 23.0 Å². The van der Waals surface area contributed by atoms with Gasteiger partial charge in [-0.15, -0.1) is 5.10 Å². The first kappa shape index (κ1) is 23.4. The average molecular weight is 480 g/mol. The van der Waals surface area contributed by atoms with Crippen molar-refractivity contribution in [3.05, 3.63) is 82.5 Å². The number of pyridine rings is 1. The molecule has 1 aromatic carbocycles. The lowest BCUT2D eigenvalue weighted by molar-refractivity contribution is -0.127. The molecule has 0 bridgehead atoms. The molecule has 0 fully saturated rings. The molecule has 0 spiro atoms. The topological polar surface area (TPSA) is 106 Å². The van der Waals surface area contributed by atoms with Gasteiger partial charge in [0.15, 0.2) is 0 Å². The van der Waals surface area contributed by atoms with Gasteiger partial charge in [-0.1, -0.05) is 41.9 Å². The van der Waals surface area contributed by atoms with Crippen molar-refractivity contribution in [2.24, 2.45) is 0 Å². The first-order chi connectivity index (χ1) is 16.4. The van der Waals surface area contributed by atoms with Gasteiger partial charge >= 0.3 is 0 Å². The molecule has 0 aliphatic heterocycles. The number of benzene rings is 1. The molecule has 0 saturated carbocycles. The molecule has 3 aromatic heterocycles. The van der Waals surface area contributed by atoms with Crippen LogP contribution in [0.5, 0.6) is 0 Å². The quantitative estimate of drug-likeness (QED) is 0.384. The highest BCUT2D eigenvalue weighted by Crippen LogP contribution is 2.21. The van der Waals surface area contributed by atoms with E-state index in [1.165, 1.54) is 0 Å². The zero-order valence-corrected chi connectivity index (χ0v) is 19.8. The standard InChI is InChI=1S/C24H26ClN7O2/c1-3-21(17-5-7-18(25)8-6-17)24(34)27-11-23(33)26-10-19-14-32(30-29-19)15-20-13-31-12-16(2)4-9-22(31)28-20/h4-9,12-14,21H,3,10-11,15H2,1-2H3,(H,26,33)(H,27,34). The number of carbonyl (C=O) groups excluding carboxylic acids is 2. The highest BCUT2D eigenvalue weighted by molar-refractivity contribution is 6.30. The maximum Gasteiger partial charge on any atom is 0.239 e. The largest absolute Gasteiger partial charge is 0.349 e. The van der Waals surface area contributed by atoms with Crippen LogP contribution in [0.2, 0.25) is 5.02 Å². The fourth-order valence-electron chi connectivity index (χ4n) is 3.70. The summed E-state index contributed by atoms with van der Waals surface area (Å²) >= 11 is 5.92. The smallest absolute Gasteiger partial charge is 0.239 e. The van der Waals surface area contributed by atoms with Crippen LogP contribution in [0.1, 0.15) is 41.8 Å². The molecule has 3 heterocycles. The maximum absolute atomic E-state index is 12.5. The lowest BCUT2D eigenvalue weighted by Crippen LogP contribution is -2.38. The van der Waals surface area contributed by atoms with E-state index in [9.17, 15) is 9.59 Å². The van der Waals surface area contributed by atoms with E-state index in [1.807, 2.05) is 54.9 Å². The second-order valence-corrected chi connectivity index (χ2v) is 8.55. The van der Waals surface area contributed by atoms with Crippen LogP contribution in [0, 0.1) is 6.92 Å². The first-order valence-electron chi connectivity index (χ1n) is 11.0. The molecule has 2 N–H and O–H groups in total. The number of rotatable bonds is 9. The van der Waals surface area contributed by atoms with Gasteiger partial charge < -0.3 is 15.0 Å². The molecular formula is C24H26ClN7O2. The Hall–Kier alpha value is -3.72. The van der Waals surface area contributed by atoms with Crippen LogP contribution in [-0.4, -0.2) is 42.7 Å². The fraction of sp³-hybridized carbons (Fsp3) is 0.292. The van der Waals surface area contributed by atoms with Crippen molar-refractivity contribution in [2.45, 2.75) is 39.3 Å². The fourth-order valence-corrected chi connectivity index (χ4v) is 3.83. The number of halogens is 1. The summed E-state index contributed by atoms with van der Waals surface area (Å²) in [4.78, 5) is 29.3. The molecule has 176 valence electrons. The van der Waals surface area contributed by atoms with Gasteiger partial charge in [0.1, 0.15) is 11.3 Å². The molecule has 4 aromatic rings. The second kappa shape index (κ2) is 10.5. The van der Waals surface area contributed by atoms with Gasteiger partial charge in [-0.3, -0.25) is 9.59 Å². The molecule has 1 atom stereocenters. The van der Waals surface area contributed by atoms with Gasteiger partial charge in [0.05, 0.1) is 37.4 Å². The summed E-state index contributed by atoms with van der Waals surface area (Å²) in [6.45, 7) is 4.53. The van der Waals surface area contributed by atoms with Crippen molar-refractivity contribution in [3.8, 4) is 0 Å². The summed E-state index contributed by atoms with van der Waals surface area (Å²) in [6.07, 6.45) is 6.36. The minimum atomic E-state index is -0.339. The number of hydrogen-bond acceptors (Lipinski definition) is 5. The van der Waals surface area contributed by atoms with Crippen LogP contribution in [0.4, 0.5) is 0 Å². The summed E-state index contributed by atoms with van der Waals surface area (Å²) in [5, 5.41) is 14.3. The molecule has 0 saturated heterocycles. The predicted molar refractivity (Wildman–Crippen MR) is 128 cm³/mol. The van der Waals surface area contributed by atoms with Gasteiger partial charge in [0.2, 0.25) is 11.8 Å². The molecule has 10 heteroatoms. The van der Waals surface area contributed by atoms with Crippen LogP contribution in [-0.2, 0) is 22.7 Å². The Morgan fingerprint density at radius 2 is 1.82 bits per heavy atom. The van der Waals surface area contributed by atoms with Crippen molar-refractivity contribution in [2.75, 3.05) is 6.54 Å². The summed E-state index contributed by atoms with van der Waals surface area (Å²) < 4.78 is 3.66. The number of fused-ring (bicyclic) bond motifs is 1. The van der Waals surface area contributed by atoms with E-state index in [-0.39, 0.29) is 30.8 Å². The number of nitrogens with one attached hydrogen (secondary N) is 2. The van der Waals surface area contributed by atoms with Crippen LogP contribution in [0.3, 0.4) is 0 Å². The highest BCUT2D eigenvalue weighted by atomic mass is 35.5. The van der Waals surface area contributed by atoms with Crippen LogP contribution in [0.15, 0.2) is 55.0 Å². The van der Waals surface area contributed by atoms with Crippen LogP contribution < -0.4 is 10.6 Å². The van der Waals surface area contributed by atoms with Crippen molar-refractivity contribution in [1.82, 2.24) is 35.0 Å². The number of aromatic nitrogens is 5. The average Bonchev–Trinajstić information content (AvgIpc) is 3.44. The third-order valence-corrected chi connectivity index (χ3v) is 5.70. The number of hydrogen-bond donors (Lipinski definition) is 2. The Morgan fingerprint density at radius 3 is 2.59 bits per heavy atom. The molecule has 0 aliphatic carbocycles. The van der Waals surface area contributed by atoms with E-state index in [2.05, 4.69) is 25.9 Å². The van der Waals surface area contributed by atoms with E-state index in [0.29, 0.717) is 23.7 Å². The van der Waals surface area contributed by atoms with Crippen LogP contribution in [0.25, 0.3) is 5.65 Å². The zero-order valence-electron chi connectivity index (χ0n) is 19.0. The molecule has 2 amide bonds. The molecule has 0 aliphatic rings. The zero-order chi connectivity index (χ0) is 24.1. The number of amides is 2. The summed E-state index contributed by atoms with van der Waals surface area (Å²) in [5.74, 6) is -0.841. The van der Waals surface area contributed by atoms with E-state index >= 15 is 0 Å². The number of carbonyl (C=O) groups is 2. The first-order valence-corrected chi connectivity index (χ1v) is 11.4. The predicted octanol–water partition coefficient (Wildman–Crippen LogP) is 2.86.